The number of benzene rings is 1. The quantitative estimate of drug-likeness (QED) is 0.443. The van der Waals surface area contributed by atoms with Gasteiger partial charge in [-0.25, -0.2) is 9.78 Å². The van der Waals surface area contributed by atoms with Crippen molar-refractivity contribution in [2.24, 2.45) is 0 Å². The van der Waals surface area contributed by atoms with Gasteiger partial charge in [0, 0.05) is 15.5 Å². The third kappa shape index (κ3) is 3.72. The summed E-state index contributed by atoms with van der Waals surface area (Å²) in [5, 5.41) is 4.15. The van der Waals surface area contributed by atoms with Crippen molar-refractivity contribution < 1.29 is 14.3 Å². The fraction of sp³-hybridized carbons (Fsp3) is 0.154. The van der Waals surface area contributed by atoms with Gasteiger partial charge in [-0.15, -0.1) is 0 Å². The molecule has 0 saturated heterocycles. The minimum absolute atomic E-state index is 0.0291. The molecule has 0 aliphatic heterocycles. The van der Waals surface area contributed by atoms with Crippen molar-refractivity contribution in [3.63, 3.8) is 0 Å². The Kier molecular flexibility index (Phi) is 5.17. The Balaban J connectivity index is 2.37. The molecule has 1 aromatic heterocycles. The molecule has 1 aromatic carbocycles. The molecule has 0 spiro atoms. The summed E-state index contributed by atoms with van der Waals surface area (Å²) in [6.45, 7) is 1.38. The number of carbonyl (C=O) groups is 2. The summed E-state index contributed by atoms with van der Waals surface area (Å²) < 4.78 is 5.54. The molecule has 0 saturated carbocycles. The maximum Gasteiger partial charge on any atom is 0.358 e. The van der Waals surface area contributed by atoms with Gasteiger partial charge in [0.1, 0.15) is 4.88 Å². The van der Waals surface area contributed by atoms with E-state index in [0.717, 1.165) is 20.6 Å². The number of anilines is 2. The van der Waals surface area contributed by atoms with Crippen LogP contribution >= 0.6 is 45.5 Å². The zero-order valence-electron chi connectivity index (χ0n) is 11.1. The van der Waals surface area contributed by atoms with Crippen LogP contribution in [0.4, 0.5) is 10.8 Å². The number of halogens is 2. The minimum Gasteiger partial charge on any atom is -0.464 e. The van der Waals surface area contributed by atoms with E-state index in [-0.39, 0.29) is 16.4 Å². The summed E-state index contributed by atoms with van der Waals surface area (Å²) in [6.07, 6.45) is 0. The molecular formula is C13H10ClIN2O3S. The van der Waals surface area contributed by atoms with Gasteiger partial charge in [0.15, 0.2) is 16.6 Å². The van der Waals surface area contributed by atoms with E-state index in [1.807, 2.05) is 0 Å². The van der Waals surface area contributed by atoms with Gasteiger partial charge in [0.25, 0.3) is 0 Å². The van der Waals surface area contributed by atoms with Crippen molar-refractivity contribution in [2.75, 3.05) is 12.4 Å². The molecule has 0 aliphatic rings. The van der Waals surface area contributed by atoms with E-state index in [1.165, 1.54) is 14.0 Å². The Morgan fingerprint density at radius 2 is 2.14 bits per heavy atom. The van der Waals surface area contributed by atoms with Gasteiger partial charge < -0.3 is 10.1 Å². The average Bonchev–Trinajstić information content (AvgIpc) is 2.85. The van der Waals surface area contributed by atoms with Crippen molar-refractivity contribution in [3.8, 4) is 0 Å². The molecule has 110 valence electrons. The van der Waals surface area contributed by atoms with Gasteiger partial charge >= 0.3 is 5.97 Å². The first-order chi connectivity index (χ1) is 9.92. The fourth-order valence-electron chi connectivity index (χ4n) is 1.55. The third-order valence-corrected chi connectivity index (χ3v) is 4.70. The van der Waals surface area contributed by atoms with Crippen molar-refractivity contribution in [1.29, 1.82) is 0 Å². The van der Waals surface area contributed by atoms with Crippen LogP contribution in [-0.4, -0.2) is 23.8 Å². The molecule has 1 N–H and O–H groups in total. The molecule has 0 radical (unpaired) electrons. The maximum atomic E-state index is 11.6. The highest BCUT2D eigenvalue weighted by molar-refractivity contribution is 14.1. The highest BCUT2D eigenvalue weighted by Gasteiger charge is 2.22. The molecule has 0 aliphatic carbocycles. The van der Waals surface area contributed by atoms with Crippen LogP contribution in [0, 0.1) is 3.57 Å². The lowest BCUT2D eigenvalue weighted by Crippen LogP contribution is -2.07. The molecule has 1 heterocycles. The van der Waals surface area contributed by atoms with Crippen LogP contribution in [0.2, 0.25) is 5.02 Å². The number of esters is 1. The average molecular weight is 437 g/mol. The first-order valence-corrected chi connectivity index (χ1v) is 8.02. The number of carbonyl (C=O) groups excluding carboxylic acids is 2. The van der Waals surface area contributed by atoms with Crippen LogP contribution in [0.1, 0.15) is 27.1 Å². The van der Waals surface area contributed by atoms with Crippen molar-refractivity contribution in [2.45, 2.75) is 6.92 Å². The van der Waals surface area contributed by atoms with E-state index in [1.54, 1.807) is 18.2 Å². The smallest absolute Gasteiger partial charge is 0.358 e. The number of hydrogen-bond donors (Lipinski definition) is 1. The van der Waals surface area contributed by atoms with Gasteiger partial charge in [0.2, 0.25) is 0 Å². The van der Waals surface area contributed by atoms with Gasteiger partial charge in [0.05, 0.1) is 12.8 Å². The standard InChI is InChI=1S/C13H10ClIN2O3S/c1-6(18)11-10(12(19)20-2)17-13(21-11)16-9-4-3-7(14)5-8(9)15/h3-5H,1-2H3,(H,16,17). The molecule has 0 unspecified atom stereocenters. The zero-order chi connectivity index (χ0) is 15.6. The van der Waals surface area contributed by atoms with E-state index in [0.29, 0.717) is 10.2 Å². The summed E-state index contributed by atoms with van der Waals surface area (Å²) in [6, 6.07) is 5.34. The molecule has 0 atom stereocenters. The van der Waals surface area contributed by atoms with Gasteiger partial charge in [-0.3, -0.25) is 4.79 Å². The number of ether oxygens (including phenoxy) is 1. The van der Waals surface area contributed by atoms with E-state index in [4.69, 9.17) is 11.6 Å². The number of nitrogens with zero attached hydrogens (tertiary/aromatic N) is 1. The number of aromatic nitrogens is 1. The van der Waals surface area contributed by atoms with Gasteiger partial charge in [-0.05, 0) is 40.8 Å². The highest BCUT2D eigenvalue weighted by atomic mass is 127. The summed E-state index contributed by atoms with van der Waals surface area (Å²) in [4.78, 5) is 27.6. The number of hydrogen-bond acceptors (Lipinski definition) is 6. The SMILES string of the molecule is COC(=O)c1nc(Nc2ccc(Cl)cc2I)sc1C(C)=O. The highest BCUT2D eigenvalue weighted by Crippen LogP contribution is 2.30. The number of nitrogens with one attached hydrogen (secondary N) is 1. The first-order valence-electron chi connectivity index (χ1n) is 5.74. The second-order valence-corrected chi connectivity index (χ2v) is 6.59. The molecule has 21 heavy (non-hydrogen) atoms. The summed E-state index contributed by atoms with van der Waals surface area (Å²) in [5.41, 5.74) is 0.821. The zero-order valence-corrected chi connectivity index (χ0v) is 14.8. The molecular weight excluding hydrogens is 427 g/mol. The first kappa shape index (κ1) is 16.2. The Morgan fingerprint density at radius 3 is 2.71 bits per heavy atom. The number of thiazole rings is 1. The summed E-state index contributed by atoms with van der Waals surface area (Å²) in [7, 11) is 1.25. The third-order valence-electron chi connectivity index (χ3n) is 2.50. The number of ketones is 1. The number of Topliss-reactive ketones (excluding diaryl/α,β-unsaturated/α-hetero) is 1. The van der Waals surface area contributed by atoms with Crippen LogP contribution in [0.3, 0.4) is 0 Å². The lowest BCUT2D eigenvalue weighted by atomic mass is 10.3. The van der Waals surface area contributed by atoms with Crippen LogP contribution in [0.15, 0.2) is 18.2 Å². The summed E-state index contributed by atoms with van der Waals surface area (Å²) >= 11 is 9.14. The van der Waals surface area contributed by atoms with Crippen molar-refractivity contribution >= 4 is 68.1 Å². The fourth-order valence-corrected chi connectivity index (χ4v) is 3.42. The monoisotopic (exact) mass is 436 g/mol. The largest absolute Gasteiger partial charge is 0.464 e. The van der Waals surface area contributed by atoms with Crippen LogP contribution < -0.4 is 5.32 Å². The molecule has 5 nitrogen and oxygen atoms in total. The van der Waals surface area contributed by atoms with E-state index >= 15 is 0 Å². The summed E-state index contributed by atoms with van der Waals surface area (Å²) in [5.74, 6) is -0.859. The Bertz CT molecular complexity index is 717. The molecule has 0 bridgehead atoms. The van der Waals surface area contributed by atoms with Gasteiger partial charge in [-0.1, -0.05) is 22.9 Å². The van der Waals surface area contributed by atoms with E-state index in [2.05, 4.69) is 37.6 Å². The second kappa shape index (κ2) is 6.71. The van der Waals surface area contributed by atoms with E-state index in [9.17, 15) is 9.59 Å². The van der Waals surface area contributed by atoms with Crippen LogP contribution in [-0.2, 0) is 4.74 Å². The molecule has 0 fully saturated rings. The number of methoxy groups -OCH3 is 1. The maximum absolute atomic E-state index is 11.6. The van der Waals surface area contributed by atoms with Crippen molar-refractivity contribution in [1.82, 2.24) is 4.98 Å². The predicted octanol–water partition coefficient (Wildman–Crippen LogP) is 4.13. The van der Waals surface area contributed by atoms with Crippen LogP contribution in [0.25, 0.3) is 0 Å². The van der Waals surface area contributed by atoms with Gasteiger partial charge in [-0.2, -0.15) is 0 Å². The lowest BCUT2D eigenvalue weighted by Gasteiger charge is -2.05. The number of rotatable bonds is 4. The topological polar surface area (TPSA) is 68.3 Å². The molecule has 2 rings (SSSR count). The molecule has 2 aromatic rings. The predicted molar refractivity (Wildman–Crippen MR) is 90.9 cm³/mol. The normalized spacial score (nSPS) is 10.3. The Hall–Kier alpha value is -1.19. The van der Waals surface area contributed by atoms with E-state index < -0.39 is 5.97 Å². The van der Waals surface area contributed by atoms with Crippen LogP contribution in [0.5, 0.6) is 0 Å². The van der Waals surface area contributed by atoms with Crippen molar-refractivity contribution in [3.05, 3.63) is 37.4 Å². The molecule has 8 heteroatoms. The lowest BCUT2D eigenvalue weighted by molar-refractivity contribution is 0.0591. The molecule has 0 amide bonds. The minimum atomic E-state index is -0.629. The second-order valence-electron chi connectivity index (χ2n) is 3.99. The Morgan fingerprint density at radius 1 is 1.43 bits per heavy atom. The Labute approximate surface area is 143 Å².